The molecular formula is C34H23NS. The standard InChI is InChI=1S/C34H23NS/c1-3-11-24(12-4-1)25-19-21-28(22-20-25)35(27-14-5-2-6-15-27)34-29-16-8-7-13-26(29)23-32-33(34)30-17-9-10-18-31(30)36-32/h1-23H. The third kappa shape index (κ3) is 3.46. The van der Waals surface area contributed by atoms with Gasteiger partial charge in [-0.3, -0.25) is 0 Å². The molecule has 0 radical (unpaired) electrons. The maximum absolute atomic E-state index is 2.43. The molecule has 7 rings (SSSR count). The number of hydrogen-bond donors (Lipinski definition) is 0. The van der Waals surface area contributed by atoms with Crippen molar-refractivity contribution in [2.75, 3.05) is 4.90 Å². The second-order valence-electron chi connectivity index (χ2n) is 9.00. The van der Waals surface area contributed by atoms with E-state index >= 15 is 0 Å². The van der Waals surface area contributed by atoms with E-state index in [1.165, 1.54) is 47.8 Å². The summed E-state index contributed by atoms with van der Waals surface area (Å²) in [6.07, 6.45) is 0. The first-order valence-corrected chi connectivity index (χ1v) is 13.0. The summed E-state index contributed by atoms with van der Waals surface area (Å²) in [7, 11) is 0. The summed E-state index contributed by atoms with van der Waals surface area (Å²) in [5, 5.41) is 5.13. The van der Waals surface area contributed by atoms with E-state index < -0.39 is 0 Å². The van der Waals surface area contributed by atoms with Gasteiger partial charge in [-0.15, -0.1) is 11.3 Å². The maximum Gasteiger partial charge on any atom is 0.0633 e. The molecule has 0 aliphatic rings. The lowest BCUT2D eigenvalue weighted by molar-refractivity contribution is 1.31. The van der Waals surface area contributed by atoms with Crippen molar-refractivity contribution in [3.05, 3.63) is 140 Å². The quantitative estimate of drug-likeness (QED) is 0.244. The average molecular weight is 478 g/mol. The van der Waals surface area contributed by atoms with Crippen molar-refractivity contribution in [1.29, 1.82) is 0 Å². The van der Waals surface area contributed by atoms with Gasteiger partial charge in [0.05, 0.1) is 5.69 Å². The molecule has 0 N–H and O–H groups in total. The van der Waals surface area contributed by atoms with Gasteiger partial charge >= 0.3 is 0 Å². The lowest BCUT2D eigenvalue weighted by atomic mass is 10.0. The molecule has 1 aromatic heterocycles. The summed E-state index contributed by atoms with van der Waals surface area (Å²) in [5.41, 5.74) is 5.98. The smallest absolute Gasteiger partial charge is 0.0633 e. The van der Waals surface area contributed by atoms with E-state index in [0.29, 0.717) is 0 Å². The monoisotopic (exact) mass is 477 g/mol. The molecule has 0 aliphatic heterocycles. The Morgan fingerprint density at radius 1 is 0.444 bits per heavy atom. The zero-order valence-electron chi connectivity index (χ0n) is 19.6. The van der Waals surface area contributed by atoms with E-state index in [2.05, 4.69) is 144 Å². The van der Waals surface area contributed by atoms with Gasteiger partial charge in [-0.25, -0.2) is 0 Å². The summed E-state index contributed by atoms with van der Waals surface area (Å²) < 4.78 is 2.63. The third-order valence-corrected chi connectivity index (χ3v) is 7.95. The van der Waals surface area contributed by atoms with Crippen molar-refractivity contribution in [2.45, 2.75) is 0 Å². The zero-order valence-corrected chi connectivity index (χ0v) is 20.5. The number of thiophene rings is 1. The number of para-hydroxylation sites is 1. The van der Waals surface area contributed by atoms with Gasteiger partial charge in [0.15, 0.2) is 0 Å². The Balaban J connectivity index is 1.54. The molecule has 7 aromatic rings. The van der Waals surface area contributed by atoms with Gasteiger partial charge in [-0.1, -0.05) is 103 Å². The molecule has 0 bridgehead atoms. The normalized spacial score (nSPS) is 11.3. The minimum absolute atomic E-state index is 1.15. The first-order chi connectivity index (χ1) is 17.9. The van der Waals surface area contributed by atoms with E-state index in [-0.39, 0.29) is 0 Å². The molecule has 170 valence electrons. The van der Waals surface area contributed by atoms with Crippen LogP contribution in [0.25, 0.3) is 42.1 Å². The average Bonchev–Trinajstić information content (AvgIpc) is 3.32. The molecule has 2 heteroatoms. The van der Waals surface area contributed by atoms with Gasteiger partial charge in [-0.05, 0) is 52.9 Å². The van der Waals surface area contributed by atoms with Crippen LogP contribution in [0.3, 0.4) is 0 Å². The van der Waals surface area contributed by atoms with Crippen LogP contribution >= 0.6 is 11.3 Å². The number of rotatable bonds is 4. The molecule has 1 heterocycles. The first-order valence-electron chi connectivity index (χ1n) is 12.2. The highest BCUT2D eigenvalue weighted by Crippen LogP contribution is 2.48. The van der Waals surface area contributed by atoms with Crippen molar-refractivity contribution >= 4 is 59.3 Å². The van der Waals surface area contributed by atoms with Gasteiger partial charge in [0.25, 0.3) is 0 Å². The zero-order chi connectivity index (χ0) is 23.9. The molecule has 0 saturated carbocycles. The molecule has 1 nitrogen and oxygen atoms in total. The van der Waals surface area contributed by atoms with Crippen molar-refractivity contribution < 1.29 is 0 Å². The predicted octanol–water partition coefficient (Wildman–Crippen LogP) is 10.3. The van der Waals surface area contributed by atoms with Gasteiger partial charge < -0.3 is 4.90 Å². The summed E-state index contributed by atoms with van der Waals surface area (Å²) in [4.78, 5) is 2.43. The predicted molar refractivity (Wildman–Crippen MR) is 157 cm³/mol. The Hall–Kier alpha value is -4.40. The maximum atomic E-state index is 2.43. The van der Waals surface area contributed by atoms with Crippen LogP contribution in [0.4, 0.5) is 17.1 Å². The molecule has 0 unspecified atom stereocenters. The minimum atomic E-state index is 1.15. The second-order valence-corrected chi connectivity index (χ2v) is 10.1. The van der Waals surface area contributed by atoms with Crippen molar-refractivity contribution in [1.82, 2.24) is 0 Å². The van der Waals surface area contributed by atoms with Crippen LogP contribution in [0, 0.1) is 0 Å². The van der Waals surface area contributed by atoms with Crippen molar-refractivity contribution in [2.24, 2.45) is 0 Å². The summed E-state index contributed by atoms with van der Waals surface area (Å²) in [5.74, 6) is 0. The van der Waals surface area contributed by atoms with Crippen molar-refractivity contribution in [3.8, 4) is 11.1 Å². The van der Waals surface area contributed by atoms with E-state index in [9.17, 15) is 0 Å². The highest BCUT2D eigenvalue weighted by molar-refractivity contribution is 7.26. The Labute approximate surface area is 214 Å². The van der Waals surface area contributed by atoms with Crippen LogP contribution in [0.1, 0.15) is 0 Å². The molecule has 0 amide bonds. The fraction of sp³-hybridized carbons (Fsp3) is 0. The van der Waals surface area contributed by atoms with E-state index in [1.807, 2.05) is 11.3 Å². The summed E-state index contributed by atoms with van der Waals surface area (Å²) in [6.45, 7) is 0. The Morgan fingerprint density at radius 3 is 1.81 bits per heavy atom. The van der Waals surface area contributed by atoms with Crippen LogP contribution in [-0.4, -0.2) is 0 Å². The number of fused-ring (bicyclic) bond motifs is 4. The van der Waals surface area contributed by atoms with Gasteiger partial charge in [-0.2, -0.15) is 0 Å². The largest absolute Gasteiger partial charge is 0.309 e. The van der Waals surface area contributed by atoms with Gasteiger partial charge in [0, 0.05) is 36.9 Å². The Kier molecular flexibility index (Phi) is 5.04. The lowest BCUT2D eigenvalue weighted by Gasteiger charge is -2.28. The van der Waals surface area contributed by atoms with Crippen LogP contribution in [0.15, 0.2) is 140 Å². The second kappa shape index (κ2) is 8.67. The molecule has 0 spiro atoms. The van der Waals surface area contributed by atoms with Crippen molar-refractivity contribution in [3.63, 3.8) is 0 Å². The number of nitrogens with zero attached hydrogens (tertiary/aromatic N) is 1. The molecule has 6 aromatic carbocycles. The van der Waals surface area contributed by atoms with Gasteiger partial charge in [0.2, 0.25) is 0 Å². The highest BCUT2D eigenvalue weighted by atomic mass is 32.1. The fourth-order valence-electron chi connectivity index (χ4n) is 5.17. The van der Waals surface area contributed by atoms with E-state index in [4.69, 9.17) is 0 Å². The number of hydrogen-bond acceptors (Lipinski definition) is 2. The molecule has 0 fully saturated rings. The SMILES string of the molecule is c1ccc(-c2ccc(N(c3ccccc3)c3c4ccccc4cc4sc5ccccc5c34)cc2)cc1. The molecule has 0 aliphatic carbocycles. The molecular weight excluding hydrogens is 454 g/mol. The topological polar surface area (TPSA) is 3.24 Å². The fourth-order valence-corrected chi connectivity index (χ4v) is 6.33. The van der Waals surface area contributed by atoms with Crippen LogP contribution in [-0.2, 0) is 0 Å². The molecule has 0 atom stereocenters. The molecule has 36 heavy (non-hydrogen) atoms. The summed E-state index contributed by atoms with van der Waals surface area (Å²) in [6, 6.07) is 50.1. The first kappa shape index (κ1) is 20.9. The minimum Gasteiger partial charge on any atom is -0.309 e. The van der Waals surface area contributed by atoms with Gasteiger partial charge in [0.1, 0.15) is 0 Å². The highest BCUT2D eigenvalue weighted by Gasteiger charge is 2.21. The summed E-state index contributed by atoms with van der Waals surface area (Å²) >= 11 is 1.87. The van der Waals surface area contributed by atoms with Crippen LogP contribution < -0.4 is 4.90 Å². The van der Waals surface area contributed by atoms with E-state index in [1.54, 1.807) is 0 Å². The number of benzene rings is 6. The van der Waals surface area contributed by atoms with Crippen LogP contribution in [0.5, 0.6) is 0 Å². The van der Waals surface area contributed by atoms with E-state index in [0.717, 1.165) is 11.4 Å². The Morgan fingerprint density at radius 2 is 1.03 bits per heavy atom. The van der Waals surface area contributed by atoms with Crippen LogP contribution in [0.2, 0.25) is 0 Å². The molecule has 0 saturated heterocycles. The lowest BCUT2D eigenvalue weighted by Crippen LogP contribution is -2.10. The number of anilines is 3. The Bertz CT molecular complexity index is 1820. The third-order valence-electron chi connectivity index (χ3n) is 6.83.